The quantitative estimate of drug-likeness (QED) is 0.680. The number of aromatic nitrogens is 1. The lowest BCUT2D eigenvalue weighted by molar-refractivity contribution is 0.103. The number of nitrogens with two attached hydrogens (primary N) is 1. The highest BCUT2D eigenvalue weighted by molar-refractivity contribution is 6.11. The number of aryl methyl sites for hydroxylation is 1. The number of carbonyl (C=O) groups excluding carboxylic acids is 1. The van der Waals surface area contributed by atoms with Gasteiger partial charge in [0.05, 0.1) is 11.3 Å². The maximum Gasteiger partial charge on any atom is 0.256 e. The number of ketones is 1. The minimum atomic E-state index is -0.396. The number of halogens is 1. The zero-order chi connectivity index (χ0) is 19.6. The molecule has 0 spiro atoms. The summed E-state index contributed by atoms with van der Waals surface area (Å²) in [4.78, 5) is 25.2. The summed E-state index contributed by atoms with van der Waals surface area (Å²) in [6.45, 7) is 1.60. The molecule has 5 nitrogen and oxygen atoms in total. The summed E-state index contributed by atoms with van der Waals surface area (Å²) in [7, 11) is 0. The molecule has 2 aromatic carbocycles. The van der Waals surface area contributed by atoms with Crippen molar-refractivity contribution < 1.29 is 14.3 Å². The van der Waals surface area contributed by atoms with Crippen LogP contribution in [0.1, 0.15) is 27.0 Å². The molecule has 0 saturated carbocycles. The second-order valence-corrected chi connectivity index (χ2v) is 6.24. The van der Waals surface area contributed by atoms with Gasteiger partial charge in [-0.05, 0) is 60.9 Å². The zero-order valence-electron chi connectivity index (χ0n) is 14.8. The van der Waals surface area contributed by atoms with Gasteiger partial charge in [-0.2, -0.15) is 0 Å². The van der Waals surface area contributed by atoms with E-state index in [1.165, 1.54) is 34.9 Å². The minimum absolute atomic E-state index is 0.0180. The molecule has 0 aliphatic rings. The third kappa shape index (κ3) is 3.66. The van der Waals surface area contributed by atoms with Crippen molar-refractivity contribution >= 4 is 11.6 Å². The molecule has 0 bridgehead atoms. The van der Waals surface area contributed by atoms with Crippen LogP contribution in [0.2, 0.25) is 0 Å². The van der Waals surface area contributed by atoms with Crippen LogP contribution in [-0.2, 0) is 6.42 Å². The van der Waals surface area contributed by atoms with Gasteiger partial charge in [-0.15, -0.1) is 0 Å². The van der Waals surface area contributed by atoms with Gasteiger partial charge in [-0.3, -0.25) is 14.2 Å². The predicted octanol–water partition coefficient (Wildman–Crippen LogP) is 2.63. The fourth-order valence-corrected chi connectivity index (χ4v) is 2.89. The number of pyridine rings is 1. The Labute approximate surface area is 155 Å². The van der Waals surface area contributed by atoms with Crippen LogP contribution in [-0.4, -0.2) is 22.1 Å². The number of hydrogen-bond acceptors (Lipinski definition) is 4. The summed E-state index contributed by atoms with van der Waals surface area (Å²) in [5.74, 6) is -0.766. The van der Waals surface area contributed by atoms with Crippen molar-refractivity contribution in [3.05, 3.63) is 93.0 Å². The van der Waals surface area contributed by atoms with E-state index in [9.17, 15) is 14.0 Å². The molecule has 0 saturated heterocycles. The van der Waals surface area contributed by atoms with E-state index in [-0.39, 0.29) is 29.3 Å². The maximum atomic E-state index is 13.5. The average molecular weight is 366 g/mol. The topological polar surface area (TPSA) is 85.3 Å². The van der Waals surface area contributed by atoms with Gasteiger partial charge in [0.1, 0.15) is 11.6 Å². The van der Waals surface area contributed by atoms with E-state index in [0.717, 1.165) is 5.56 Å². The van der Waals surface area contributed by atoms with Crippen LogP contribution >= 0.6 is 0 Å². The van der Waals surface area contributed by atoms with E-state index < -0.39 is 5.82 Å². The Kier molecular flexibility index (Phi) is 5.19. The van der Waals surface area contributed by atoms with Crippen molar-refractivity contribution in [3.63, 3.8) is 0 Å². The molecule has 6 heteroatoms. The molecule has 3 rings (SSSR count). The van der Waals surface area contributed by atoms with E-state index in [0.29, 0.717) is 23.2 Å². The minimum Gasteiger partial charge on any atom is -0.396 e. The Morgan fingerprint density at radius 2 is 1.81 bits per heavy atom. The van der Waals surface area contributed by atoms with E-state index in [1.807, 2.05) is 0 Å². The fourth-order valence-electron chi connectivity index (χ4n) is 2.89. The van der Waals surface area contributed by atoms with Gasteiger partial charge in [0, 0.05) is 18.2 Å². The smallest absolute Gasteiger partial charge is 0.256 e. The first-order chi connectivity index (χ1) is 12.9. The molecule has 0 aliphatic carbocycles. The van der Waals surface area contributed by atoms with Crippen LogP contribution in [0.4, 0.5) is 10.2 Å². The highest BCUT2D eigenvalue weighted by Crippen LogP contribution is 2.20. The number of carbonyl (C=O) groups is 1. The summed E-state index contributed by atoms with van der Waals surface area (Å²) in [6, 6.07) is 13.7. The third-order valence-electron chi connectivity index (χ3n) is 4.39. The molecule has 0 atom stereocenters. The largest absolute Gasteiger partial charge is 0.396 e. The molecule has 1 aromatic heterocycles. The van der Waals surface area contributed by atoms with Crippen molar-refractivity contribution in [1.82, 2.24) is 4.57 Å². The Balaban J connectivity index is 2.06. The van der Waals surface area contributed by atoms with Crippen LogP contribution in [0.5, 0.6) is 0 Å². The first-order valence-electron chi connectivity index (χ1n) is 8.45. The van der Waals surface area contributed by atoms with Gasteiger partial charge in [0.25, 0.3) is 5.56 Å². The molecule has 0 unspecified atom stereocenters. The van der Waals surface area contributed by atoms with E-state index in [2.05, 4.69) is 0 Å². The van der Waals surface area contributed by atoms with Crippen LogP contribution in [0, 0.1) is 12.7 Å². The van der Waals surface area contributed by atoms with Gasteiger partial charge >= 0.3 is 0 Å². The van der Waals surface area contributed by atoms with Gasteiger partial charge in [0.15, 0.2) is 5.78 Å². The number of aliphatic hydroxyl groups is 1. The predicted molar refractivity (Wildman–Crippen MR) is 102 cm³/mol. The normalized spacial score (nSPS) is 10.8. The number of anilines is 1. The molecule has 0 fully saturated rings. The standard InChI is InChI=1S/C21H19FN2O3/c1-13-12-15(4-8-18(13)22)20(27)17-7-9-19(26)24(21(17)23)16-5-2-14(3-6-16)10-11-25/h2-9,12,25H,10-11,23H2,1H3. The lowest BCUT2D eigenvalue weighted by atomic mass is 10.0. The van der Waals surface area contributed by atoms with Gasteiger partial charge < -0.3 is 10.8 Å². The molecule has 0 aliphatic heterocycles. The summed E-state index contributed by atoms with van der Waals surface area (Å²) in [6.07, 6.45) is 0.507. The second-order valence-electron chi connectivity index (χ2n) is 6.24. The second kappa shape index (κ2) is 7.55. The van der Waals surface area contributed by atoms with E-state index in [1.54, 1.807) is 31.2 Å². The lowest BCUT2D eigenvalue weighted by Gasteiger charge is -2.14. The number of aliphatic hydroxyl groups excluding tert-OH is 1. The summed E-state index contributed by atoms with van der Waals surface area (Å²) >= 11 is 0. The summed E-state index contributed by atoms with van der Waals surface area (Å²) in [5, 5.41) is 9.00. The molecule has 138 valence electrons. The SMILES string of the molecule is Cc1cc(C(=O)c2ccc(=O)n(-c3ccc(CCO)cc3)c2N)ccc1F. The van der Waals surface area contributed by atoms with Gasteiger partial charge in [-0.25, -0.2) is 4.39 Å². The molecular formula is C21H19FN2O3. The Hall–Kier alpha value is -3.25. The number of nitrogens with zero attached hydrogens (tertiary/aromatic N) is 1. The average Bonchev–Trinajstić information content (AvgIpc) is 2.65. The van der Waals surface area contributed by atoms with E-state index >= 15 is 0 Å². The monoisotopic (exact) mass is 366 g/mol. The first kappa shape index (κ1) is 18.5. The van der Waals surface area contributed by atoms with Gasteiger partial charge in [0.2, 0.25) is 0 Å². The third-order valence-corrected chi connectivity index (χ3v) is 4.39. The highest BCUT2D eigenvalue weighted by Gasteiger charge is 2.17. The van der Waals surface area contributed by atoms with Crippen molar-refractivity contribution in [3.8, 4) is 5.69 Å². The number of nitrogen functional groups attached to an aromatic ring is 1. The van der Waals surface area contributed by atoms with Crippen molar-refractivity contribution in [2.24, 2.45) is 0 Å². The Bertz CT molecular complexity index is 1060. The summed E-state index contributed by atoms with van der Waals surface area (Å²) < 4.78 is 14.7. The molecule has 1 heterocycles. The molecular weight excluding hydrogens is 347 g/mol. The first-order valence-corrected chi connectivity index (χ1v) is 8.45. The Morgan fingerprint density at radius 1 is 1.11 bits per heavy atom. The maximum absolute atomic E-state index is 13.5. The van der Waals surface area contributed by atoms with Crippen molar-refractivity contribution in [2.45, 2.75) is 13.3 Å². The molecule has 3 aromatic rings. The van der Waals surface area contributed by atoms with Crippen LogP contribution < -0.4 is 11.3 Å². The Morgan fingerprint density at radius 3 is 2.44 bits per heavy atom. The lowest BCUT2D eigenvalue weighted by Crippen LogP contribution is -2.23. The fraction of sp³-hybridized carbons (Fsp3) is 0.143. The van der Waals surface area contributed by atoms with Gasteiger partial charge in [-0.1, -0.05) is 12.1 Å². The van der Waals surface area contributed by atoms with Crippen molar-refractivity contribution in [2.75, 3.05) is 12.3 Å². The van der Waals surface area contributed by atoms with E-state index in [4.69, 9.17) is 10.8 Å². The number of rotatable bonds is 5. The van der Waals surface area contributed by atoms with Crippen LogP contribution in [0.25, 0.3) is 5.69 Å². The number of hydrogen-bond donors (Lipinski definition) is 2. The van der Waals surface area contributed by atoms with Crippen LogP contribution in [0.15, 0.2) is 59.4 Å². The molecule has 3 N–H and O–H groups in total. The van der Waals surface area contributed by atoms with Crippen LogP contribution in [0.3, 0.4) is 0 Å². The highest BCUT2D eigenvalue weighted by atomic mass is 19.1. The number of benzene rings is 2. The summed E-state index contributed by atoms with van der Waals surface area (Å²) in [5.41, 5.74) is 8.03. The molecule has 27 heavy (non-hydrogen) atoms. The zero-order valence-corrected chi connectivity index (χ0v) is 14.8. The molecule has 0 radical (unpaired) electrons. The molecule has 0 amide bonds. The van der Waals surface area contributed by atoms with Crippen molar-refractivity contribution in [1.29, 1.82) is 0 Å².